The molecule has 2 rings (SSSR count). The molecule has 1 N–H and O–H groups in total. The molecule has 1 amide bonds. The zero-order valence-electron chi connectivity index (χ0n) is 12.8. The van der Waals surface area contributed by atoms with Gasteiger partial charge in [-0.3, -0.25) is 14.9 Å². The van der Waals surface area contributed by atoms with E-state index < -0.39 is 4.92 Å². The Morgan fingerprint density at radius 2 is 2.00 bits per heavy atom. The van der Waals surface area contributed by atoms with Crippen LogP contribution in [0.5, 0.6) is 0 Å². The van der Waals surface area contributed by atoms with Crippen LogP contribution in [0.15, 0.2) is 46.9 Å². The van der Waals surface area contributed by atoms with Gasteiger partial charge in [0.1, 0.15) is 10.7 Å². The number of carbonyl (C=O) groups excluding carboxylic acids is 1. The predicted octanol–water partition coefficient (Wildman–Crippen LogP) is 4.18. The fourth-order valence-corrected chi connectivity index (χ4v) is 2.01. The van der Waals surface area contributed by atoms with E-state index >= 15 is 0 Å². The van der Waals surface area contributed by atoms with Gasteiger partial charge < -0.3 is 9.73 Å². The van der Waals surface area contributed by atoms with Crippen molar-refractivity contribution in [3.63, 3.8) is 0 Å². The SMILES string of the molecule is CCCCc1ccc(NC(=O)/C=C/c2ccc([N+](=O)[O-])o2)cc1. The molecule has 0 fully saturated rings. The van der Waals surface area contributed by atoms with Crippen LogP contribution >= 0.6 is 0 Å². The number of benzene rings is 1. The van der Waals surface area contributed by atoms with Gasteiger partial charge in [0.25, 0.3) is 0 Å². The number of rotatable bonds is 7. The first-order valence-corrected chi connectivity index (χ1v) is 7.40. The summed E-state index contributed by atoms with van der Waals surface area (Å²) in [6.45, 7) is 2.15. The van der Waals surface area contributed by atoms with Crippen molar-refractivity contribution < 1.29 is 14.1 Å². The maximum absolute atomic E-state index is 11.8. The maximum Gasteiger partial charge on any atom is 0.433 e. The van der Waals surface area contributed by atoms with Crippen molar-refractivity contribution in [1.82, 2.24) is 0 Å². The second-order valence-electron chi connectivity index (χ2n) is 5.06. The van der Waals surface area contributed by atoms with Crippen molar-refractivity contribution in [3.05, 3.63) is 63.9 Å². The first kappa shape index (κ1) is 16.5. The van der Waals surface area contributed by atoms with Crippen molar-refractivity contribution in [2.45, 2.75) is 26.2 Å². The second-order valence-corrected chi connectivity index (χ2v) is 5.06. The minimum absolute atomic E-state index is 0.252. The standard InChI is InChI=1S/C17H18N2O4/c1-2-3-4-13-5-7-14(8-6-13)18-16(20)11-9-15-10-12-17(23-15)19(21)22/h5-12H,2-4H2,1H3,(H,18,20)/b11-9+. The van der Waals surface area contributed by atoms with Crippen molar-refractivity contribution in [2.24, 2.45) is 0 Å². The van der Waals surface area contributed by atoms with Crippen LogP contribution in [0.4, 0.5) is 11.6 Å². The molecular formula is C17H18N2O4. The van der Waals surface area contributed by atoms with Crippen molar-refractivity contribution >= 4 is 23.6 Å². The molecule has 0 spiro atoms. The summed E-state index contributed by atoms with van der Waals surface area (Å²) in [7, 11) is 0. The molecule has 0 aliphatic heterocycles. The van der Waals surface area contributed by atoms with Crippen LogP contribution in [-0.4, -0.2) is 10.8 Å². The van der Waals surface area contributed by atoms with E-state index in [1.54, 1.807) is 0 Å². The lowest BCUT2D eigenvalue weighted by molar-refractivity contribution is -0.402. The number of amides is 1. The quantitative estimate of drug-likeness (QED) is 0.472. The smallest absolute Gasteiger partial charge is 0.401 e. The van der Waals surface area contributed by atoms with Gasteiger partial charge in [-0.05, 0) is 42.7 Å². The van der Waals surface area contributed by atoms with E-state index in [2.05, 4.69) is 12.2 Å². The molecule has 0 saturated carbocycles. The second kappa shape index (κ2) is 7.93. The molecule has 1 aromatic heterocycles. The lowest BCUT2D eigenvalue weighted by Crippen LogP contribution is -2.07. The third-order valence-corrected chi connectivity index (χ3v) is 3.23. The molecule has 6 nitrogen and oxygen atoms in total. The molecule has 120 valence electrons. The predicted molar refractivity (Wildman–Crippen MR) is 88.1 cm³/mol. The van der Waals surface area contributed by atoms with Crippen molar-refractivity contribution in [1.29, 1.82) is 0 Å². The lowest BCUT2D eigenvalue weighted by Gasteiger charge is -2.04. The normalized spacial score (nSPS) is 10.8. The van der Waals surface area contributed by atoms with Gasteiger partial charge in [0, 0.05) is 11.8 Å². The number of hydrogen-bond acceptors (Lipinski definition) is 4. The van der Waals surface area contributed by atoms with E-state index in [0.717, 1.165) is 19.3 Å². The number of aryl methyl sites for hydroxylation is 1. The molecule has 0 radical (unpaired) electrons. The van der Waals surface area contributed by atoms with Gasteiger partial charge in [-0.25, -0.2) is 0 Å². The highest BCUT2D eigenvalue weighted by Crippen LogP contribution is 2.17. The fourth-order valence-electron chi connectivity index (χ4n) is 2.01. The minimum Gasteiger partial charge on any atom is -0.401 e. The van der Waals surface area contributed by atoms with Gasteiger partial charge in [0.15, 0.2) is 0 Å². The Hall–Kier alpha value is -2.89. The van der Waals surface area contributed by atoms with E-state index in [4.69, 9.17) is 4.42 Å². The average Bonchev–Trinajstić information content (AvgIpc) is 3.01. The number of furan rings is 1. The van der Waals surface area contributed by atoms with E-state index in [9.17, 15) is 14.9 Å². The fraction of sp³-hybridized carbons (Fsp3) is 0.235. The highest BCUT2D eigenvalue weighted by atomic mass is 16.6. The number of carbonyl (C=O) groups is 1. The van der Waals surface area contributed by atoms with E-state index in [1.807, 2.05) is 24.3 Å². The molecule has 0 saturated heterocycles. The van der Waals surface area contributed by atoms with Gasteiger partial charge in [-0.15, -0.1) is 0 Å². The van der Waals surface area contributed by atoms with Crippen LogP contribution in [0.1, 0.15) is 31.1 Å². The topological polar surface area (TPSA) is 85.4 Å². The number of unbranched alkanes of at least 4 members (excludes halogenated alkanes) is 1. The Balaban J connectivity index is 1.90. The summed E-state index contributed by atoms with van der Waals surface area (Å²) in [6.07, 6.45) is 5.98. The zero-order valence-corrected chi connectivity index (χ0v) is 12.8. The first-order valence-electron chi connectivity index (χ1n) is 7.40. The van der Waals surface area contributed by atoms with Crippen LogP contribution in [0.25, 0.3) is 6.08 Å². The Morgan fingerprint density at radius 1 is 1.26 bits per heavy atom. The van der Waals surface area contributed by atoms with E-state index in [1.165, 1.54) is 29.8 Å². The molecule has 2 aromatic rings. The van der Waals surface area contributed by atoms with E-state index in [0.29, 0.717) is 5.69 Å². The lowest BCUT2D eigenvalue weighted by atomic mass is 10.1. The highest BCUT2D eigenvalue weighted by molar-refractivity contribution is 6.01. The number of nitro groups is 1. The van der Waals surface area contributed by atoms with Gasteiger partial charge in [0.05, 0.1) is 6.07 Å². The maximum atomic E-state index is 11.8. The molecule has 0 aliphatic rings. The summed E-state index contributed by atoms with van der Waals surface area (Å²) >= 11 is 0. The molecular weight excluding hydrogens is 296 g/mol. The Bertz CT molecular complexity index is 702. The molecule has 6 heteroatoms. The summed E-state index contributed by atoms with van der Waals surface area (Å²) in [5.41, 5.74) is 1.94. The highest BCUT2D eigenvalue weighted by Gasteiger charge is 2.10. The van der Waals surface area contributed by atoms with Gasteiger partial charge >= 0.3 is 5.88 Å². The molecule has 0 atom stereocenters. The third-order valence-electron chi connectivity index (χ3n) is 3.23. The van der Waals surface area contributed by atoms with Crippen LogP contribution in [0.3, 0.4) is 0 Å². The van der Waals surface area contributed by atoms with Gasteiger partial charge in [0.2, 0.25) is 5.91 Å². The molecule has 0 aliphatic carbocycles. The largest absolute Gasteiger partial charge is 0.433 e. The summed E-state index contributed by atoms with van der Waals surface area (Å²) in [6, 6.07) is 10.4. The summed E-state index contributed by atoms with van der Waals surface area (Å²) < 4.78 is 4.93. The summed E-state index contributed by atoms with van der Waals surface area (Å²) in [4.78, 5) is 21.7. The monoisotopic (exact) mass is 314 g/mol. The molecule has 0 unspecified atom stereocenters. The first-order chi connectivity index (χ1) is 11.1. The summed E-state index contributed by atoms with van der Waals surface area (Å²) in [5.74, 6) is -0.431. The summed E-state index contributed by atoms with van der Waals surface area (Å²) in [5, 5.41) is 13.2. The van der Waals surface area contributed by atoms with Crippen LogP contribution in [0, 0.1) is 10.1 Å². The Labute approximate surface area is 134 Å². The number of hydrogen-bond donors (Lipinski definition) is 1. The molecule has 23 heavy (non-hydrogen) atoms. The van der Waals surface area contributed by atoms with Crippen molar-refractivity contribution in [3.8, 4) is 0 Å². The van der Waals surface area contributed by atoms with Crippen molar-refractivity contribution in [2.75, 3.05) is 5.32 Å². The van der Waals surface area contributed by atoms with Gasteiger partial charge in [-0.2, -0.15) is 0 Å². The van der Waals surface area contributed by atoms with E-state index in [-0.39, 0.29) is 17.6 Å². The number of nitrogens with one attached hydrogen (secondary N) is 1. The Morgan fingerprint density at radius 3 is 2.61 bits per heavy atom. The van der Waals surface area contributed by atoms with Crippen LogP contribution in [-0.2, 0) is 11.2 Å². The number of anilines is 1. The average molecular weight is 314 g/mol. The third kappa shape index (κ3) is 5.10. The number of nitrogens with zero attached hydrogens (tertiary/aromatic N) is 1. The van der Waals surface area contributed by atoms with Crippen LogP contribution < -0.4 is 5.32 Å². The molecule has 1 heterocycles. The molecule has 0 bridgehead atoms. The Kier molecular flexibility index (Phi) is 5.68. The van der Waals surface area contributed by atoms with Crippen LogP contribution in [0.2, 0.25) is 0 Å². The molecule has 1 aromatic carbocycles. The van der Waals surface area contributed by atoms with Gasteiger partial charge in [-0.1, -0.05) is 25.5 Å². The minimum atomic E-state index is -0.627. The zero-order chi connectivity index (χ0) is 16.7.